The van der Waals surface area contributed by atoms with Crippen LogP contribution in [0.25, 0.3) is 0 Å². The van der Waals surface area contributed by atoms with E-state index in [0.717, 1.165) is 37.5 Å². The van der Waals surface area contributed by atoms with Crippen molar-refractivity contribution < 1.29 is 20.4 Å². The first-order valence-electron chi connectivity index (χ1n) is 8.11. The molecule has 1 rings (SSSR count). The molecule has 0 bridgehead atoms. The summed E-state index contributed by atoms with van der Waals surface area (Å²) in [6.07, 6.45) is 8.59. The second kappa shape index (κ2) is 13.8. The minimum atomic E-state index is 0.237. The van der Waals surface area contributed by atoms with Gasteiger partial charge in [-0.1, -0.05) is 32.6 Å². The van der Waals surface area contributed by atoms with E-state index in [1.807, 2.05) is 6.92 Å². The first-order chi connectivity index (χ1) is 9.67. The third kappa shape index (κ3) is 10.6. The maximum Gasteiger partial charge on any atom is 0.0433 e. The number of hydrogen-bond donors (Lipinski definition) is 4. The quantitative estimate of drug-likeness (QED) is 0.551. The molecule has 1 fully saturated rings. The monoisotopic (exact) mass is 290 g/mol. The predicted octanol–water partition coefficient (Wildman–Crippen LogP) is 1.94. The van der Waals surface area contributed by atoms with Crippen LogP contribution in [0.3, 0.4) is 0 Å². The molecule has 4 nitrogen and oxygen atoms in total. The Kier molecular flexibility index (Phi) is 13.7. The highest BCUT2D eigenvalue weighted by atomic mass is 16.3. The summed E-state index contributed by atoms with van der Waals surface area (Å²) in [7, 11) is 0. The molecule has 0 unspecified atom stereocenters. The highest BCUT2D eigenvalue weighted by molar-refractivity contribution is 4.72. The fraction of sp³-hybridized carbons (Fsp3) is 1.00. The second-order valence-corrected chi connectivity index (χ2v) is 6.04. The molecule has 0 aliphatic heterocycles. The van der Waals surface area contributed by atoms with Gasteiger partial charge in [0.1, 0.15) is 0 Å². The van der Waals surface area contributed by atoms with Crippen LogP contribution < -0.4 is 0 Å². The standard InChI is InChI=1S/C10H20O2.C6H14O2/c11-7-5-9-1-2-10(4-3-9)6-8-12;1-6(2-4-7)3-5-8/h9-12H,1-8H2;6-8H,2-5H2,1H3. The summed E-state index contributed by atoms with van der Waals surface area (Å²) in [5.41, 5.74) is 0. The van der Waals surface area contributed by atoms with Crippen molar-refractivity contribution in [1.29, 1.82) is 0 Å². The summed E-state index contributed by atoms with van der Waals surface area (Å²) in [4.78, 5) is 0. The number of rotatable bonds is 8. The maximum absolute atomic E-state index is 8.75. The lowest BCUT2D eigenvalue weighted by Gasteiger charge is -2.27. The van der Waals surface area contributed by atoms with Gasteiger partial charge in [-0.2, -0.15) is 0 Å². The van der Waals surface area contributed by atoms with Crippen LogP contribution in [-0.4, -0.2) is 46.9 Å². The molecule has 122 valence electrons. The van der Waals surface area contributed by atoms with Crippen LogP contribution in [0.5, 0.6) is 0 Å². The van der Waals surface area contributed by atoms with Crippen LogP contribution in [0.4, 0.5) is 0 Å². The fourth-order valence-electron chi connectivity index (χ4n) is 2.76. The molecule has 1 saturated carbocycles. The molecule has 0 radical (unpaired) electrons. The van der Waals surface area contributed by atoms with Crippen molar-refractivity contribution in [2.24, 2.45) is 17.8 Å². The van der Waals surface area contributed by atoms with Gasteiger partial charge in [-0.05, 0) is 43.4 Å². The molecule has 0 atom stereocenters. The summed E-state index contributed by atoms with van der Waals surface area (Å²) in [6.45, 7) is 3.18. The van der Waals surface area contributed by atoms with Crippen LogP contribution in [0, 0.1) is 17.8 Å². The van der Waals surface area contributed by atoms with Crippen molar-refractivity contribution in [2.45, 2.75) is 58.3 Å². The fourth-order valence-corrected chi connectivity index (χ4v) is 2.76. The smallest absolute Gasteiger partial charge is 0.0433 e. The highest BCUT2D eigenvalue weighted by Gasteiger charge is 2.19. The zero-order valence-corrected chi connectivity index (χ0v) is 13.0. The van der Waals surface area contributed by atoms with Crippen molar-refractivity contribution >= 4 is 0 Å². The van der Waals surface area contributed by atoms with Gasteiger partial charge in [-0.15, -0.1) is 0 Å². The Balaban J connectivity index is 0.000000396. The van der Waals surface area contributed by atoms with E-state index in [-0.39, 0.29) is 13.2 Å². The first kappa shape index (κ1) is 19.8. The van der Waals surface area contributed by atoms with Gasteiger partial charge in [0.15, 0.2) is 0 Å². The molecule has 1 aliphatic carbocycles. The largest absolute Gasteiger partial charge is 0.396 e. The summed E-state index contributed by atoms with van der Waals surface area (Å²) < 4.78 is 0. The van der Waals surface area contributed by atoms with Gasteiger partial charge < -0.3 is 20.4 Å². The van der Waals surface area contributed by atoms with Gasteiger partial charge in [0, 0.05) is 26.4 Å². The highest BCUT2D eigenvalue weighted by Crippen LogP contribution is 2.31. The van der Waals surface area contributed by atoms with E-state index in [4.69, 9.17) is 20.4 Å². The number of hydrogen-bond acceptors (Lipinski definition) is 4. The summed E-state index contributed by atoms with van der Waals surface area (Å²) in [5.74, 6) is 1.97. The van der Waals surface area contributed by atoms with Crippen LogP contribution >= 0.6 is 0 Å². The Morgan fingerprint density at radius 3 is 1.30 bits per heavy atom. The molecule has 4 heteroatoms. The molecule has 0 saturated heterocycles. The summed E-state index contributed by atoms with van der Waals surface area (Å²) in [5, 5.41) is 34.3. The normalized spacial score (nSPS) is 22.5. The first-order valence-corrected chi connectivity index (χ1v) is 8.11. The SMILES string of the molecule is CC(CCO)CCO.OCCC1CCC(CCO)CC1. The molecule has 0 aromatic heterocycles. The summed E-state index contributed by atoms with van der Waals surface area (Å²) in [6, 6.07) is 0. The van der Waals surface area contributed by atoms with Crippen LogP contribution in [0.1, 0.15) is 58.3 Å². The lowest BCUT2D eigenvalue weighted by Crippen LogP contribution is -2.16. The van der Waals surface area contributed by atoms with Gasteiger partial charge in [-0.25, -0.2) is 0 Å². The molecule has 20 heavy (non-hydrogen) atoms. The van der Waals surface area contributed by atoms with Gasteiger partial charge >= 0.3 is 0 Å². The van der Waals surface area contributed by atoms with Crippen LogP contribution in [-0.2, 0) is 0 Å². The maximum atomic E-state index is 8.75. The van der Waals surface area contributed by atoms with Gasteiger partial charge in [0.05, 0.1) is 0 Å². The van der Waals surface area contributed by atoms with Gasteiger partial charge in [0.2, 0.25) is 0 Å². The van der Waals surface area contributed by atoms with Crippen molar-refractivity contribution in [2.75, 3.05) is 26.4 Å². The van der Waals surface area contributed by atoms with Crippen LogP contribution in [0.15, 0.2) is 0 Å². The zero-order chi connectivity index (χ0) is 15.2. The Morgan fingerprint density at radius 1 is 0.700 bits per heavy atom. The number of aliphatic hydroxyl groups is 4. The zero-order valence-electron chi connectivity index (χ0n) is 13.0. The van der Waals surface area contributed by atoms with E-state index in [0.29, 0.717) is 19.1 Å². The van der Waals surface area contributed by atoms with E-state index in [9.17, 15) is 0 Å². The lowest BCUT2D eigenvalue weighted by molar-refractivity contribution is 0.180. The van der Waals surface area contributed by atoms with E-state index in [1.165, 1.54) is 25.7 Å². The minimum Gasteiger partial charge on any atom is -0.396 e. The summed E-state index contributed by atoms with van der Waals surface area (Å²) >= 11 is 0. The molecule has 0 aromatic rings. The Hall–Kier alpha value is -0.160. The van der Waals surface area contributed by atoms with E-state index in [2.05, 4.69) is 0 Å². The van der Waals surface area contributed by atoms with Crippen molar-refractivity contribution in [3.63, 3.8) is 0 Å². The molecular weight excluding hydrogens is 256 g/mol. The van der Waals surface area contributed by atoms with Crippen molar-refractivity contribution in [3.05, 3.63) is 0 Å². The Bertz CT molecular complexity index is 171. The molecule has 0 amide bonds. The molecule has 0 spiro atoms. The molecule has 0 aromatic carbocycles. The second-order valence-electron chi connectivity index (χ2n) is 6.04. The van der Waals surface area contributed by atoms with E-state index in [1.54, 1.807) is 0 Å². The van der Waals surface area contributed by atoms with Crippen LogP contribution in [0.2, 0.25) is 0 Å². The third-order valence-corrected chi connectivity index (χ3v) is 4.28. The van der Waals surface area contributed by atoms with Crippen molar-refractivity contribution in [3.8, 4) is 0 Å². The molecule has 0 heterocycles. The van der Waals surface area contributed by atoms with E-state index >= 15 is 0 Å². The average Bonchev–Trinajstić information content (AvgIpc) is 2.43. The predicted molar refractivity (Wildman–Crippen MR) is 81.4 cm³/mol. The van der Waals surface area contributed by atoms with Gasteiger partial charge in [-0.3, -0.25) is 0 Å². The number of aliphatic hydroxyl groups excluding tert-OH is 4. The van der Waals surface area contributed by atoms with Crippen molar-refractivity contribution in [1.82, 2.24) is 0 Å². The minimum absolute atomic E-state index is 0.237. The molecule has 4 N–H and O–H groups in total. The molecular formula is C16H34O4. The Labute approximate surface area is 123 Å². The van der Waals surface area contributed by atoms with Gasteiger partial charge in [0.25, 0.3) is 0 Å². The molecule has 1 aliphatic rings. The Morgan fingerprint density at radius 2 is 1.05 bits per heavy atom. The lowest BCUT2D eigenvalue weighted by atomic mass is 9.79. The third-order valence-electron chi connectivity index (χ3n) is 4.28. The van der Waals surface area contributed by atoms with E-state index < -0.39 is 0 Å². The topological polar surface area (TPSA) is 80.9 Å². The average molecular weight is 290 g/mol.